The first-order valence-electron chi connectivity index (χ1n) is 7.51. The molecule has 0 spiro atoms. The highest BCUT2D eigenvalue weighted by Crippen LogP contribution is 2.34. The third kappa shape index (κ3) is 3.77. The molecule has 1 amide bonds. The topological polar surface area (TPSA) is 111 Å². The van der Waals surface area contributed by atoms with E-state index in [-0.39, 0.29) is 41.2 Å². The van der Waals surface area contributed by atoms with Gasteiger partial charge in [-0.15, -0.1) is 0 Å². The van der Waals surface area contributed by atoms with Crippen LogP contribution in [0.1, 0.15) is 23.7 Å². The monoisotopic (exact) mass is 338 g/mol. The molecule has 1 aromatic rings. The van der Waals surface area contributed by atoms with Crippen LogP contribution in [0, 0.1) is 0 Å². The maximum absolute atomic E-state index is 12.8. The summed E-state index contributed by atoms with van der Waals surface area (Å²) < 4.78 is 15.3. The summed E-state index contributed by atoms with van der Waals surface area (Å²) in [6, 6.07) is 2.59. The van der Waals surface area contributed by atoms with E-state index in [1.807, 2.05) is 0 Å². The fourth-order valence-corrected chi connectivity index (χ4v) is 2.80. The zero-order valence-corrected chi connectivity index (χ0v) is 13.9. The number of nitrogen functional groups attached to an aromatic ring is 1. The number of aliphatic hydroxyl groups is 1. The van der Waals surface area contributed by atoms with Crippen molar-refractivity contribution in [1.82, 2.24) is 4.90 Å². The first kappa shape index (κ1) is 18.0. The van der Waals surface area contributed by atoms with Crippen LogP contribution in [0.25, 0.3) is 0 Å². The minimum Gasteiger partial charge on any atom is -0.493 e. The number of esters is 1. The van der Waals surface area contributed by atoms with Crippen molar-refractivity contribution in [2.75, 3.05) is 33.1 Å². The van der Waals surface area contributed by atoms with Gasteiger partial charge in [-0.05, 0) is 12.5 Å². The molecular weight excluding hydrogens is 316 g/mol. The highest BCUT2D eigenvalue weighted by atomic mass is 16.6. The van der Waals surface area contributed by atoms with Gasteiger partial charge in [-0.3, -0.25) is 9.59 Å². The van der Waals surface area contributed by atoms with E-state index in [4.69, 9.17) is 19.9 Å². The Hall–Kier alpha value is -2.32. The molecule has 1 heterocycles. The van der Waals surface area contributed by atoms with Crippen LogP contribution in [0.5, 0.6) is 11.5 Å². The molecule has 0 saturated carbocycles. The Morgan fingerprint density at radius 3 is 2.62 bits per heavy atom. The number of likely N-dealkylation sites (tertiary alicyclic amines) is 1. The number of carbonyl (C=O) groups excluding carboxylic acids is 2. The lowest BCUT2D eigenvalue weighted by Crippen LogP contribution is -2.38. The van der Waals surface area contributed by atoms with E-state index >= 15 is 0 Å². The molecule has 132 valence electrons. The second-order valence-electron chi connectivity index (χ2n) is 5.64. The van der Waals surface area contributed by atoms with Gasteiger partial charge in [0.1, 0.15) is 0 Å². The Kier molecular flexibility index (Phi) is 5.63. The molecule has 8 nitrogen and oxygen atoms in total. The van der Waals surface area contributed by atoms with E-state index in [0.717, 1.165) is 0 Å². The number of benzene rings is 1. The maximum Gasteiger partial charge on any atom is 0.308 e. The predicted octanol–water partition coefficient (Wildman–Crippen LogP) is 0.424. The summed E-state index contributed by atoms with van der Waals surface area (Å²) in [4.78, 5) is 25.5. The third-order valence-electron chi connectivity index (χ3n) is 3.83. The van der Waals surface area contributed by atoms with Crippen LogP contribution in [0.15, 0.2) is 12.1 Å². The molecule has 0 unspecified atom stereocenters. The number of methoxy groups -OCH3 is 2. The Morgan fingerprint density at radius 2 is 2.04 bits per heavy atom. The number of hydrogen-bond acceptors (Lipinski definition) is 7. The molecule has 1 saturated heterocycles. The number of anilines is 1. The summed E-state index contributed by atoms with van der Waals surface area (Å²) in [7, 11) is 2.94. The Balaban J connectivity index is 2.33. The first-order chi connectivity index (χ1) is 11.4. The number of hydrogen-bond donors (Lipinski definition) is 2. The van der Waals surface area contributed by atoms with Crippen LogP contribution < -0.4 is 15.2 Å². The van der Waals surface area contributed by atoms with Gasteiger partial charge < -0.3 is 30.0 Å². The van der Waals surface area contributed by atoms with Crippen molar-refractivity contribution < 1.29 is 28.9 Å². The number of nitrogens with zero attached hydrogens (tertiary/aromatic N) is 1. The lowest BCUT2D eigenvalue weighted by Gasteiger charge is -2.24. The molecule has 0 aromatic heterocycles. The number of rotatable bonds is 5. The van der Waals surface area contributed by atoms with Gasteiger partial charge in [-0.2, -0.15) is 0 Å². The molecule has 24 heavy (non-hydrogen) atoms. The number of nitrogens with two attached hydrogens (primary N) is 1. The smallest absolute Gasteiger partial charge is 0.308 e. The minimum absolute atomic E-state index is 0.147. The molecular formula is C16H22N2O6. The highest BCUT2D eigenvalue weighted by molar-refractivity contribution is 6.00. The van der Waals surface area contributed by atoms with Crippen molar-refractivity contribution in [3.63, 3.8) is 0 Å². The van der Waals surface area contributed by atoms with Crippen LogP contribution in [0.3, 0.4) is 0 Å². The lowest BCUT2D eigenvalue weighted by molar-refractivity contribution is -0.132. The van der Waals surface area contributed by atoms with Crippen molar-refractivity contribution >= 4 is 17.6 Å². The molecule has 1 fully saturated rings. The normalized spacial score (nSPS) is 20.1. The van der Waals surface area contributed by atoms with Gasteiger partial charge in [0, 0.05) is 32.3 Å². The average molecular weight is 338 g/mol. The molecule has 0 aliphatic carbocycles. The second-order valence-corrected chi connectivity index (χ2v) is 5.64. The number of carbonyl (C=O) groups is 2. The van der Waals surface area contributed by atoms with Crippen molar-refractivity contribution in [3.05, 3.63) is 17.7 Å². The molecule has 2 atom stereocenters. The lowest BCUT2D eigenvalue weighted by atomic mass is 10.1. The van der Waals surface area contributed by atoms with Crippen LogP contribution in [0.2, 0.25) is 0 Å². The maximum atomic E-state index is 12.8. The summed E-state index contributed by atoms with van der Waals surface area (Å²) in [5.41, 5.74) is 6.34. The molecule has 2 rings (SSSR count). The predicted molar refractivity (Wildman–Crippen MR) is 86.0 cm³/mol. The van der Waals surface area contributed by atoms with Crippen LogP contribution in [-0.2, 0) is 9.53 Å². The third-order valence-corrected chi connectivity index (χ3v) is 3.83. The highest BCUT2D eigenvalue weighted by Gasteiger charge is 2.35. The van der Waals surface area contributed by atoms with E-state index in [1.165, 1.54) is 31.1 Å². The summed E-state index contributed by atoms with van der Waals surface area (Å²) in [6.45, 7) is 1.79. The van der Waals surface area contributed by atoms with E-state index in [2.05, 4.69) is 0 Å². The SMILES string of the molecule is COC[C@@H]1C[C@@H](O)CN1C(=O)c1cc(OC)c(OC(C)=O)cc1N. The number of aliphatic hydroxyl groups excluding tert-OH is 1. The first-order valence-corrected chi connectivity index (χ1v) is 7.51. The molecule has 1 aliphatic heterocycles. The second kappa shape index (κ2) is 7.50. The molecule has 3 N–H and O–H groups in total. The van der Waals surface area contributed by atoms with Crippen LogP contribution in [0.4, 0.5) is 5.69 Å². The Morgan fingerprint density at radius 1 is 1.33 bits per heavy atom. The zero-order chi connectivity index (χ0) is 17.9. The van der Waals surface area contributed by atoms with Gasteiger partial charge in [-0.25, -0.2) is 0 Å². The summed E-state index contributed by atoms with van der Waals surface area (Å²) in [6.07, 6.45) is -0.153. The largest absolute Gasteiger partial charge is 0.493 e. The fourth-order valence-electron chi connectivity index (χ4n) is 2.80. The minimum atomic E-state index is -0.600. The van der Waals surface area contributed by atoms with Crippen LogP contribution >= 0.6 is 0 Å². The van der Waals surface area contributed by atoms with Crippen molar-refractivity contribution in [3.8, 4) is 11.5 Å². The van der Waals surface area contributed by atoms with E-state index in [1.54, 1.807) is 7.11 Å². The Bertz CT molecular complexity index is 633. The standard InChI is InChI=1S/C16H22N2O6/c1-9(19)24-15-6-13(17)12(5-14(15)23-3)16(21)18-7-11(20)4-10(18)8-22-2/h5-6,10-11,20H,4,7-8,17H2,1-3H3/t10-,11+/m0/s1. The van der Waals surface area contributed by atoms with Gasteiger partial charge in [0.15, 0.2) is 11.5 Å². The quantitative estimate of drug-likeness (QED) is 0.455. The van der Waals surface area contributed by atoms with Gasteiger partial charge in [0.25, 0.3) is 5.91 Å². The van der Waals surface area contributed by atoms with Crippen molar-refractivity contribution in [2.45, 2.75) is 25.5 Å². The van der Waals surface area contributed by atoms with E-state index in [9.17, 15) is 14.7 Å². The molecule has 0 radical (unpaired) electrons. The van der Waals surface area contributed by atoms with Crippen molar-refractivity contribution in [2.24, 2.45) is 0 Å². The van der Waals surface area contributed by atoms with Gasteiger partial charge in [0.05, 0.1) is 31.4 Å². The number of amides is 1. The van der Waals surface area contributed by atoms with Gasteiger partial charge >= 0.3 is 5.97 Å². The molecule has 8 heteroatoms. The molecule has 0 bridgehead atoms. The van der Waals surface area contributed by atoms with Gasteiger partial charge in [-0.1, -0.05) is 0 Å². The average Bonchev–Trinajstić information content (AvgIpc) is 2.87. The van der Waals surface area contributed by atoms with Gasteiger partial charge in [0.2, 0.25) is 0 Å². The molecule has 1 aliphatic rings. The Labute approximate surface area is 140 Å². The van der Waals surface area contributed by atoms with Crippen LogP contribution in [-0.4, -0.2) is 61.4 Å². The number of β-amino-alcohol motifs (C(OH)–C–C–N with tert-alkyl or cyclic N) is 1. The fraction of sp³-hybridized carbons (Fsp3) is 0.500. The summed E-state index contributed by atoms with van der Waals surface area (Å²) >= 11 is 0. The number of ether oxygens (including phenoxy) is 3. The summed E-state index contributed by atoms with van der Waals surface area (Å²) in [5, 5.41) is 9.84. The van der Waals surface area contributed by atoms with E-state index in [0.29, 0.717) is 13.0 Å². The zero-order valence-electron chi connectivity index (χ0n) is 13.9. The van der Waals surface area contributed by atoms with E-state index < -0.39 is 12.1 Å². The van der Waals surface area contributed by atoms with Crippen molar-refractivity contribution in [1.29, 1.82) is 0 Å². The summed E-state index contributed by atoms with van der Waals surface area (Å²) in [5.74, 6) is -0.479. The molecule has 1 aromatic carbocycles.